The van der Waals surface area contributed by atoms with E-state index in [4.69, 9.17) is 4.74 Å². The first-order chi connectivity index (χ1) is 18.3. The van der Waals surface area contributed by atoms with Crippen molar-refractivity contribution in [2.24, 2.45) is 5.10 Å². The number of hydrogen-bond acceptors (Lipinski definition) is 6. The molecule has 0 unspecified atom stereocenters. The Morgan fingerprint density at radius 1 is 1.00 bits per heavy atom. The van der Waals surface area contributed by atoms with Crippen LogP contribution in [0.1, 0.15) is 70.9 Å². The molecule has 1 aliphatic rings. The molecule has 0 aromatic heterocycles. The van der Waals surface area contributed by atoms with Crippen LogP contribution in [0.2, 0.25) is 0 Å². The van der Waals surface area contributed by atoms with E-state index in [0.29, 0.717) is 35.7 Å². The fraction of sp³-hybridized carbons (Fsp3) is 0.448. The summed E-state index contributed by atoms with van der Waals surface area (Å²) in [7, 11) is -3.69. The standard InChI is InChI=1S/C29H40N4O4S/c1-5-8-9-12-17-31-38(35,36)25-15-16-28(37-18-6-2)24(19-25)21-33-29(34)26(22(4)32-33)20-30-27-14-11-10-13-23(27)7-3/h10-11,13-16,19-20,30-31H,5-9,12,17-18,21H2,1-4H3/b26-20+. The molecule has 1 amide bonds. The number of hydrazone groups is 1. The van der Waals surface area contributed by atoms with Gasteiger partial charge in [0.15, 0.2) is 0 Å². The highest BCUT2D eigenvalue weighted by atomic mass is 32.2. The second-order valence-electron chi connectivity index (χ2n) is 9.34. The van der Waals surface area contributed by atoms with Crippen molar-refractivity contribution in [2.45, 2.75) is 77.7 Å². The van der Waals surface area contributed by atoms with Crippen molar-refractivity contribution in [1.82, 2.24) is 9.73 Å². The summed E-state index contributed by atoms with van der Waals surface area (Å²) < 4.78 is 34.5. The van der Waals surface area contributed by atoms with E-state index in [1.165, 1.54) is 5.01 Å². The lowest BCUT2D eigenvalue weighted by molar-refractivity contribution is -0.126. The summed E-state index contributed by atoms with van der Waals surface area (Å²) in [5.74, 6) is 0.287. The monoisotopic (exact) mass is 540 g/mol. The average Bonchev–Trinajstić information content (AvgIpc) is 3.18. The minimum absolute atomic E-state index is 0.0952. The lowest BCUT2D eigenvalue weighted by Gasteiger charge is -2.17. The molecule has 9 heteroatoms. The molecule has 0 radical (unpaired) electrons. The maximum absolute atomic E-state index is 13.3. The first-order valence-electron chi connectivity index (χ1n) is 13.5. The van der Waals surface area contributed by atoms with E-state index in [0.717, 1.165) is 49.8 Å². The number of nitrogens with zero attached hydrogens (tertiary/aromatic N) is 2. The summed E-state index contributed by atoms with van der Waals surface area (Å²) in [4.78, 5) is 13.4. The highest BCUT2D eigenvalue weighted by Crippen LogP contribution is 2.27. The van der Waals surface area contributed by atoms with Crippen LogP contribution >= 0.6 is 0 Å². The molecule has 2 aromatic carbocycles. The molecule has 1 aliphatic heterocycles. The number of hydrogen-bond donors (Lipinski definition) is 2. The Labute approximate surface area is 227 Å². The van der Waals surface area contributed by atoms with Gasteiger partial charge < -0.3 is 10.1 Å². The maximum atomic E-state index is 13.3. The first kappa shape index (κ1) is 29.4. The number of sulfonamides is 1. The Morgan fingerprint density at radius 3 is 2.53 bits per heavy atom. The highest BCUT2D eigenvalue weighted by molar-refractivity contribution is 7.89. The molecular weight excluding hydrogens is 500 g/mol. The van der Waals surface area contributed by atoms with Crippen molar-refractivity contribution in [2.75, 3.05) is 18.5 Å². The zero-order chi connectivity index (χ0) is 27.5. The fourth-order valence-electron chi connectivity index (χ4n) is 4.17. The number of amides is 1. The van der Waals surface area contributed by atoms with Crippen molar-refractivity contribution < 1.29 is 17.9 Å². The van der Waals surface area contributed by atoms with Crippen LogP contribution in [0.25, 0.3) is 0 Å². The summed E-state index contributed by atoms with van der Waals surface area (Å²) in [6.07, 6.45) is 7.30. The van der Waals surface area contributed by atoms with Gasteiger partial charge in [-0.05, 0) is 56.0 Å². The molecule has 0 fully saturated rings. The number of para-hydroxylation sites is 1. The number of carbonyl (C=O) groups excluding carboxylic acids is 1. The molecule has 0 spiro atoms. The van der Waals surface area contributed by atoms with Crippen LogP contribution in [0.3, 0.4) is 0 Å². The third-order valence-corrected chi connectivity index (χ3v) is 7.80. The number of anilines is 1. The van der Waals surface area contributed by atoms with Gasteiger partial charge in [0.05, 0.1) is 29.3 Å². The number of ether oxygens (including phenoxy) is 1. The Hall–Kier alpha value is -3.17. The summed E-state index contributed by atoms with van der Waals surface area (Å²) in [5, 5.41) is 9.07. The van der Waals surface area contributed by atoms with Crippen molar-refractivity contribution >= 4 is 27.3 Å². The smallest absolute Gasteiger partial charge is 0.277 e. The lowest BCUT2D eigenvalue weighted by Crippen LogP contribution is -2.26. The van der Waals surface area contributed by atoms with E-state index >= 15 is 0 Å². The van der Waals surface area contributed by atoms with Gasteiger partial charge in [-0.25, -0.2) is 18.1 Å². The Bertz CT molecular complexity index is 1270. The highest BCUT2D eigenvalue weighted by Gasteiger charge is 2.29. The number of aryl methyl sites for hydroxylation is 1. The van der Waals surface area contributed by atoms with E-state index in [2.05, 4.69) is 29.0 Å². The summed E-state index contributed by atoms with van der Waals surface area (Å²) in [6.45, 7) is 8.95. The third-order valence-electron chi connectivity index (χ3n) is 6.34. The zero-order valence-corrected chi connectivity index (χ0v) is 23.7. The van der Waals surface area contributed by atoms with Gasteiger partial charge in [-0.2, -0.15) is 5.10 Å². The van der Waals surface area contributed by atoms with Crippen molar-refractivity contribution in [3.05, 3.63) is 65.4 Å². The number of unbranched alkanes of at least 4 members (excludes halogenated alkanes) is 3. The average molecular weight is 541 g/mol. The van der Waals surface area contributed by atoms with Gasteiger partial charge in [0.2, 0.25) is 10.0 Å². The van der Waals surface area contributed by atoms with Gasteiger partial charge in [-0.1, -0.05) is 58.2 Å². The van der Waals surface area contributed by atoms with Crippen molar-refractivity contribution in [3.8, 4) is 5.75 Å². The fourth-order valence-corrected chi connectivity index (χ4v) is 5.29. The molecule has 2 aromatic rings. The van der Waals surface area contributed by atoms with Gasteiger partial charge in [-0.3, -0.25) is 4.79 Å². The zero-order valence-electron chi connectivity index (χ0n) is 22.9. The number of carbonyl (C=O) groups is 1. The van der Waals surface area contributed by atoms with E-state index in [1.54, 1.807) is 31.3 Å². The molecule has 3 rings (SSSR count). The first-order valence-corrected chi connectivity index (χ1v) is 15.0. The van der Waals surface area contributed by atoms with Gasteiger partial charge in [-0.15, -0.1) is 0 Å². The van der Waals surface area contributed by atoms with Crippen molar-refractivity contribution in [3.63, 3.8) is 0 Å². The third kappa shape index (κ3) is 7.68. The molecule has 0 atom stereocenters. The van der Waals surface area contributed by atoms with E-state index < -0.39 is 10.0 Å². The van der Waals surface area contributed by atoms with Gasteiger partial charge in [0.1, 0.15) is 5.75 Å². The van der Waals surface area contributed by atoms with Gasteiger partial charge >= 0.3 is 0 Å². The van der Waals surface area contributed by atoms with Gasteiger partial charge in [0.25, 0.3) is 5.91 Å². The summed E-state index contributed by atoms with van der Waals surface area (Å²) >= 11 is 0. The molecule has 8 nitrogen and oxygen atoms in total. The van der Waals surface area contributed by atoms with Crippen LogP contribution in [-0.4, -0.2) is 38.2 Å². The SMILES string of the molecule is CCCCCCNS(=O)(=O)c1ccc(OCCC)c(CN2N=C(C)/C(=C\Nc3ccccc3CC)C2=O)c1. The molecule has 206 valence electrons. The Morgan fingerprint density at radius 2 is 1.79 bits per heavy atom. The van der Waals surface area contributed by atoms with Crippen LogP contribution < -0.4 is 14.8 Å². The van der Waals surface area contributed by atoms with E-state index in [-0.39, 0.29) is 17.3 Å². The molecular formula is C29H40N4O4S. The van der Waals surface area contributed by atoms with Crippen molar-refractivity contribution in [1.29, 1.82) is 0 Å². The number of benzene rings is 2. The lowest BCUT2D eigenvalue weighted by atomic mass is 10.1. The van der Waals surface area contributed by atoms with Crippen LogP contribution in [-0.2, 0) is 27.8 Å². The molecule has 38 heavy (non-hydrogen) atoms. The molecule has 0 saturated heterocycles. The molecule has 0 aliphatic carbocycles. The number of nitrogens with one attached hydrogen (secondary N) is 2. The molecule has 0 saturated carbocycles. The van der Waals surface area contributed by atoms with Crippen LogP contribution in [0, 0.1) is 0 Å². The van der Waals surface area contributed by atoms with Gasteiger partial charge in [0, 0.05) is 24.0 Å². The largest absolute Gasteiger partial charge is 0.493 e. The van der Waals surface area contributed by atoms with Crippen LogP contribution in [0.15, 0.2) is 64.2 Å². The predicted molar refractivity (Wildman–Crippen MR) is 153 cm³/mol. The summed E-state index contributed by atoms with van der Waals surface area (Å²) in [6, 6.07) is 12.7. The number of rotatable bonds is 15. The topological polar surface area (TPSA) is 100 Å². The minimum Gasteiger partial charge on any atom is -0.493 e. The minimum atomic E-state index is -3.69. The Balaban J connectivity index is 1.79. The molecule has 1 heterocycles. The Kier molecular flexibility index (Phi) is 10.9. The van der Waals surface area contributed by atoms with E-state index in [1.807, 2.05) is 31.2 Å². The quantitative estimate of drug-likeness (QED) is 0.226. The second-order valence-corrected chi connectivity index (χ2v) is 11.1. The maximum Gasteiger partial charge on any atom is 0.277 e. The summed E-state index contributed by atoms with van der Waals surface area (Å²) in [5.41, 5.74) is 3.73. The molecule has 0 bridgehead atoms. The van der Waals surface area contributed by atoms with Crippen LogP contribution in [0.4, 0.5) is 5.69 Å². The van der Waals surface area contributed by atoms with E-state index in [9.17, 15) is 13.2 Å². The van der Waals surface area contributed by atoms with Crippen LogP contribution in [0.5, 0.6) is 5.75 Å². The normalized spacial score (nSPS) is 14.7. The predicted octanol–water partition coefficient (Wildman–Crippen LogP) is 5.61. The molecule has 2 N–H and O–H groups in total. The second kappa shape index (κ2) is 14.1.